The van der Waals surface area contributed by atoms with E-state index in [0.717, 1.165) is 0 Å². The average Bonchev–Trinajstić information content (AvgIpc) is 1.69. The second-order valence-corrected chi connectivity index (χ2v) is 1.19. The second-order valence-electron chi connectivity index (χ2n) is 1.19. The fourth-order valence-electron chi connectivity index (χ4n) is 0.339. The van der Waals surface area contributed by atoms with Crippen LogP contribution in [0.4, 0.5) is 0 Å². The summed E-state index contributed by atoms with van der Waals surface area (Å²) in [6.07, 6.45) is 4.62. The molecular formula is C4H6N2O. The molecule has 0 fully saturated rings. The molecule has 0 radical (unpaired) electrons. The fourth-order valence-corrected chi connectivity index (χ4v) is 0.339. The van der Waals surface area contributed by atoms with Crippen molar-refractivity contribution in [2.45, 2.75) is 0 Å². The Balaban J connectivity index is 2.58. The topological polar surface area (TPSA) is 44.3 Å². The molecule has 0 aromatic carbocycles. The summed E-state index contributed by atoms with van der Waals surface area (Å²) in [6.45, 7) is 0. The van der Waals surface area contributed by atoms with Gasteiger partial charge in [0, 0.05) is 6.20 Å². The zero-order valence-corrected chi connectivity index (χ0v) is 3.68. The van der Waals surface area contributed by atoms with Gasteiger partial charge in [-0.3, -0.25) is 0 Å². The molecule has 1 heterocycles. The van der Waals surface area contributed by atoms with E-state index in [1.165, 1.54) is 6.20 Å². The van der Waals surface area contributed by atoms with Gasteiger partial charge in [-0.05, 0) is 6.08 Å². The van der Waals surface area contributed by atoms with Crippen molar-refractivity contribution < 1.29 is 5.11 Å². The van der Waals surface area contributed by atoms with E-state index in [0.29, 0.717) is 0 Å². The SMILES string of the molecule is OC1=CNNC=C1. The van der Waals surface area contributed by atoms with Crippen LogP contribution in [-0.4, -0.2) is 5.11 Å². The highest BCUT2D eigenvalue weighted by atomic mass is 16.3. The highest BCUT2D eigenvalue weighted by Crippen LogP contribution is 1.88. The van der Waals surface area contributed by atoms with E-state index in [1.54, 1.807) is 12.3 Å². The van der Waals surface area contributed by atoms with Crippen LogP contribution in [0.25, 0.3) is 0 Å². The molecular weight excluding hydrogens is 92.1 g/mol. The molecule has 0 aliphatic carbocycles. The van der Waals surface area contributed by atoms with E-state index in [-0.39, 0.29) is 5.76 Å². The summed E-state index contributed by atoms with van der Waals surface area (Å²) < 4.78 is 0. The maximum atomic E-state index is 8.58. The van der Waals surface area contributed by atoms with E-state index < -0.39 is 0 Å². The molecule has 3 nitrogen and oxygen atoms in total. The minimum absolute atomic E-state index is 0.235. The third-order valence-electron chi connectivity index (χ3n) is 0.641. The second kappa shape index (κ2) is 1.55. The van der Waals surface area contributed by atoms with Crippen molar-refractivity contribution in [3.63, 3.8) is 0 Å². The fraction of sp³-hybridized carbons (Fsp3) is 0. The molecule has 0 unspecified atom stereocenters. The first kappa shape index (κ1) is 4.05. The van der Waals surface area contributed by atoms with E-state index in [9.17, 15) is 0 Å². The maximum Gasteiger partial charge on any atom is 0.134 e. The predicted molar refractivity (Wildman–Crippen MR) is 26.1 cm³/mol. The largest absolute Gasteiger partial charge is 0.506 e. The molecule has 0 atom stereocenters. The molecule has 0 amide bonds. The van der Waals surface area contributed by atoms with E-state index in [2.05, 4.69) is 10.9 Å². The molecule has 0 bridgehead atoms. The predicted octanol–water partition coefficient (Wildman–Crippen LogP) is 0.00730. The molecule has 38 valence electrons. The Morgan fingerprint density at radius 3 is 2.57 bits per heavy atom. The molecule has 1 rings (SSSR count). The molecule has 1 aliphatic rings. The summed E-state index contributed by atoms with van der Waals surface area (Å²) in [6, 6.07) is 0. The van der Waals surface area contributed by atoms with Crippen molar-refractivity contribution in [3.05, 3.63) is 24.2 Å². The van der Waals surface area contributed by atoms with Crippen LogP contribution in [0.5, 0.6) is 0 Å². The molecule has 3 N–H and O–H groups in total. The standard InChI is InChI=1S/C4H6N2O/c7-4-1-2-5-6-3-4/h1-3,5-7H. The van der Waals surface area contributed by atoms with Gasteiger partial charge in [-0.2, -0.15) is 0 Å². The van der Waals surface area contributed by atoms with Gasteiger partial charge in [-0.25, -0.2) is 0 Å². The Morgan fingerprint density at radius 1 is 1.43 bits per heavy atom. The van der Waals surface area contributed by atoms with Crippen molar-refractivity contribution in [1.29, 1.82) is 0 Å². The summed E-state index contributed by atoms with van der Waals surface area (Å²) >= 11 is 0. The van der Waals surface area contributed by atoms with E-state index in [4.69, 9.17) is 5.11 Å². The number of aliphatic hydroxyl groups is 1. The van der Waals surface area contributed by atoms with Crippen molar-refractivity contribution in [2.24, 2.45) is 0 Å². The molecule has 0 saturated heterocycles. The van der Waals surface area contributed by atoms with Gasteiger partial charge in [-0.1, -0.05) is 0 Å². The van der Waals surface area contributed by atoms with Crippen LogP contribution in [0.2, 0.25) is 0 Å². The summed E-state index contributed by atoms with van der Waals surface area (Å²) in [4.78, 5) is 0. The van der Waals surface area contributed by atoms with Crippen LogP contribution in [-0.2, 0) is 0 Å². The van der Waals surface area contributed by atoms with Gasteiger partial charge in [0.2, 0.25) is 0 Å². The summed E-state index contributed by atoms with van der Waals surface area (Å²) in [7, 11) is 0. The number of rotatable bonds is 0. The smallest absolute Gasteiger partial charge is 0.134 e. The third-order valence-corrected chi connectivity index (χ3v) is 0.641. The number of hydrogen-bond acceptors (Lipinski definition) is 3. The molecule has 0 saturated carbocycles. The first-order valence-corrected chi connectivity index (χ1v) is 1.96. The van der Waals surface area contributed by atoms with Crippen LogP contribution >= 0.6 is 0 Å². The molecule has 0 spiro atoms. The van der Waals surface area contributed by atoms with Crippen LogP contribution in [0.1, 0.15) is 0 Å². The number of hydrazine groups is 1. The minimum Gasteiger partial charge on any atom is -0.506 e. The number of hydrogen-bond donors (Lipinski definition) is 3. The maximum absolute atomic E-state index is 8.58. The van der Waals surface area contributed by atoms with E-state index in [1.807, 2.05) is 0 Å². The molecule has 1 aliphatic heterocycles. The highest BCUT2D eigenvalue weighted by molar-refractivity contribution is 5.11. The van der Waals surface area contributed by atoms with Gasteiger partial charge in [0.25, 0.3) is 0 Å². The Kier molecular flexibility index (Phi) is 0.898. The number of nitrogens with one attached hydrogen (secondary N) is 2. The molecule has 3 heteroatoms. The summed E-state index contributed by atoms with van der Waals surface area (Å²) in [5, 5.41) is 8.58. The van der Waals surface area contributed by atoms with E-state index >= 15 is 0 Å². The average molecular weight is 98.1 g/mol. The lowest BCUT2D eigenvalue weighted by atomic mass is 10.5. The lowest BCUT2D eigenvalue weighted by Gasteiger charge is -2.03. The Bertz CT molecular complexity index is 117. The zero-order chi connectivity index (χ0) is 5.11. The van der Waals surface area contributed by atoms with Gasteiger partial charge in [0.05, 0.1) is 6.20 Å². The van der Waals surface area contributed by atoms with Crippen molar-refractivity contribution in [1.82, 2.24) is 10.9 Å². The third kappa shape index (κ3) is 0.855. The Labute approximate surface area is 41.3 Å². The lowest BCUT2D eigenvalue weighted by Crippen LogP contribution is -2.23. The van der Waals surface area contributed by atoms with Gasteiger partial charge in [0.15, 0.2) is 0 Å². The van der Waals surface area contributed by atoms with Crippen molar-refractivity contribution >= 4 is 0 Å². The quantitative estimate of drug-likeness (QED) is 0.400. The Hall–Kier alpha value is -1.12. The van der Waals surface area contributed by atoms with Gasteiger partial charge in [-0.15, -0.1) is 0 Å². The number of aliphatic hydroxyl groups excluding tert-OH is 1. The summed E-state index contributed by atoms with van der Waals surface area (Å²) in [5.41, 5.74) is 5.23. The first-order chi connectivity index (χ1) is 3.39. The lowest BCUT2D eigenvalue weighted by molar-refractivity contribution is 0.420. The van der Waals surface area contributed by atoms with Crippen molar-refractivity contribution in [2.75, 3.05) is 0 Å². The van der Waals surface area contributed by atoms with Gasteiger partial charge < -0.3 is 16.0 Å². The van der Waals surface area contributed by atoms with Gasteiger partial charge >= 0.3 is 0 Å². The van der Waals surface area contributed by atoms with Crippen LogP contribution in [0.15, 0.2) is 24.2 Å². The highest BCUT2D eigenvalue weighted by Gasteiger charge is 1.85. The zero-order valence-electron chi connectivity index (χ0n) is 3.68. The van der Waals surface area contributed by atoms with Crippen molar-refractivity contribution in [3.8, 4) is 0 Å². The van der Waals surface area contributed by atoms with Gasteiger partial charge in [0.1, 0.15) is 5.76 Å². The monoisotopic (exact) mass is 98.0 g/mol. The number of allylic oxidation sites excluding steroid dienone is 1. The molecule has 0 aromatic rings. The van der Waals surface area contributed by atoms with Crippen LogP contribution in [0, 0.1) is 0 Å². The summed E-state index contributed by atoms with van der Waals surface area (Å²) in [5.74, 6) is 0.235. The van der Waals surface area contributed by atoms with Crippen LogP contribution in [0.3, 0.4) is 0 Å². The molecule has 7 heavy (non-hydrogen) atoms. The Morgan fingerprint density at radius 2 is 2.29 bits per heavy atom. The molecule has 0 aromatic heterocycles. The normalized spacial score (nSPS) is 16.9. The minimum atomic E-state index is 0.235. The first-order valence-electron chi connectivity index (χ1n) is 1.96. The van der Waals surface area contributed by atoms with Crippen LogP contribution < -0.4 is 10.9 Å².